The molecule has 0 amide bonds. The smallest absolute Gasteiger partial charge is 0.340 e. The Labute approximate surface area is 109 Å². The van der Waals surface area contributed by atoms with Gasteiger partial charge in [0.25, 0.3) is 0 Å². The Balaban J connectivity index is 2.38. The second kappa shape index (κ2) is 4.20. The summed E-state index contributed by atoms with van der Waals surface area (Å²) in [5.41, 5.74) is 9.33. The van der Waals surface area contributed by atoms with Crippen LogP contribution in [-0.2, 0) is 4.74 Å². The number of carbonyl (C=O) groups is 1. The van der Waals surface area contributed by atoms with Crippen LogP contribution in [0.5, 0.6) is 0 Å². The Morgan fingerprint density at radius 1 is 1.11 bits per heavy atom. The lowest BCUT2D eigenvalue weighted by Gasteiger charge is -2.05. The fourth-order valence-electron chi connectivity index (χ4n) is 1.99. The molecular weight excluding hydrogens is 242 g/mol. The van der Waals surface area contributed by atoms with Gasteiger partial charge in [0.2, 0.25) is 0 Å². The number of methoxy groups -OCH3 is 1. The standard InChI is InChI=1S/C14H11N3O2/c1-19-14(18)9-3-2-4-11-13(9)17-10-6-5-8(15)7-12(10)16-11/h2-7H,15H2,1H3. The number of nitrogens with two attached hydrogens (primary N) is 1. The molecule has 0 radical (unpaired) electrons. The monoisotopic (exact) mass is 253 g/mol. The first-order chi connectivity index (χ1) is 9.19. The van der Waals surface area contributed by atoms with E-state index in [2.05, 4.69) is 9.97 Å². The molecule has 0 aliphatic carbocycles. The Morgan fingerprint density at radius 2 is 1.95 bits per heavy atom. The lowest BCUT2D eigenvalue weighted by molar-refractivity contribution is 0.0603. The first kappa shape index (κ1) is 11.4. The van der Waals surface area contributed by atoms with Crippen LogP contribution in [0.4, 0.5) is 5.69 Å². The summed E-state index contributed by atoms with van der Waals surface area (Å²) in [6.45, 7) is 0. The van der Waals surface area contributed by atoms with Crippen molar-refractivity contribution in [3.8, 4) is 0 Å². The summed E-state index contributed by atoms with van der Waals surface area (Å²) >= 11 is 0. The summed E-state index contributed by atoms with van der Waals surface area (Å²) in [5, 5.41) is 0. The molecule has 3 aromatic rings. The number of esters is 1. The summed E-state index contributed by atoms with van der Waals surface area (Å²) in [6, 6.07) is 10.5. The van der Waals surface area contributed by atoms with Crippen LogP contribution in [-0.4, -0.2) is 23.0 Å². The number of hydrogen-bond acceptors (Lipinski definition) is 5. The number of hydrogen-bond donors (Lipinski definition) is 1. The fourth-order valence-corrected chi connectivity index (χ4v) is 1.99. The van der Waals surface area contributed by atoms with Crippen molar-refractivity contribution < 1.29 is 9.53 Å². The maximum absolute atomic E-state index is 11.7. The van der Waals surface area contributed by atoms with E-state index in [4.69, 9.17) is 10.5 Å². The van der Waals surface area contributed by atoms with E-state index in [1.807, 2.05) is 0 Å². The van der Waals surface area contributed by atoms with E-state index >= 15 is 0 Å². The van der Waals surface area contributed by atoms with E-state index in [-0.39, 0.29) is 0 Å². The molecule has 1 aromatic heterocycles. The third-order valence-corrected chi connectivity index (χ3v) is 2.89. The molecular formula is C14H11N3O2. The number of ether oxygens (including phenoxy) is 1. The number of nitrogens with zero attached hydrogens (tertiary/aromatic N) is 2. The highest BCUT2D eigenvalue weighted by atomic mass is 16.5. The van der Waals surface area contributed by atoms with Gasteiger partial charge in [-0.2, -0.15) is 0 Å². The van der Waals surface area contributed by atoms with Crippen LogP contribution in [0.3, 0.4) is 0 Å². The molecule has 0 saturated heterocycles. The Kier molecular flexibility index (Phi) is 2.52. The number of anilines is 1. The van der Waals surface area contributed by atoms with Gasteiger partial charge in [0.1, 0.15) is 5.52 Å². The first-order valence-electron chi connectivity index (χ1n) is 5.73. The van der Waals surface area contributed by atoms with Crippen LogP contribution >= 0.6 is 0 Å². The van der Waals surface area contributed by atoms with Crippen LogP contribution in [0.25, 0.3) is 22.1 Å². The third-order valence-electron chi connectivity index (χ3n) is 2.89. The summed E-state index contributed by atoms with van der Waals surface area (Å²) in [6.07, 6.45) is 0. The van der Waals surface area contributed by atoms with E-state index in [0.29, 0.717) is 33.3 Å². The molecule has 0 spiro atoms. The van der Waals surface area contributed by atoms with Gasteiger partial charge in [-0.25, -0.2) is 14.8 Å². The number of benzene rings is 2. The molecule has 5 heteroatoms. The number of nitrogen functional groups attached to an aromatic ring is 1. The maximum Gasteiger partial charge on any atom is 0.340 e. The van der Waals surface area contributed by atoms with Gasteiger partial charge in [-0.3, -0.25) is 0 Å². The predicted octanol–water partition coefficient (Wildman–Crippen LogP) is 2.15. The normalized spacial score (nSPS) is 10.8. The van der Waals surface area contributed by atoms with E-state index < -0.39 is 5.97 Å². The molecule has 0 saturated carbocycles. The fraction of sp³-hybridized carbons (Fsp3) is 0.0714. The van der Waals surface area contributed by atoms with Gasteiger partial charge in [0, 0.05) is 5.69 Å². The number of para-hydroxylation sites is 1. The molecule has 2 aromatic carbocycles. The lowest BCUT2D eigenvalue weighted by Crippen LogP contribution is -2.03. The molecule has 1 heterocycles. The Hall–Kier alpha value is -2.69. The van der Waals surface area contributed by atoms with Gasteiger partial charge >= 0.3 is 5.97 Å². The highest BCUT2D eigenvalue weighted by Gasteiger charge is 2.12. The van der Waals surface area contributed by atoms with E-state index in [1.165, 1.54) is 7.11 Å². The zero-order valence-corrected chi connectivity index (χ0v) is 10.3. The summed E-state index contributed by atoms with van der Waals surface area (Å²) in [4.78, 5) is 20.6. The van der Waals surface area contributed by atoms with Crippen molar-refractivity contribution in [2.75, 3.05) is 12.8 Å². The van der Waals surface area contributed by atoms with Crippen LogP contribution in [0.1, 0.15) is 10.4 Å². The second-order valence-electron chi connectivity index (χ2n) is 4.14. The van der Waals surface area contributed by atoms with E-state index in [0.717, 1.165) is 0 Å². The van der Waals surface area contributed by atoms with Crippen molar-refractivity contribution in [3.63, 3.8) is 0 Å². The molecule has 19 heavy (non-hydrogen) atoms. The van der Waals surface area contributed by atoms with Crippen LogP contribution < -0.4 is 5.73 Å². The predicted molar refractivity (Wildman–Crippen MR) is 72.8 cm³/mol. The minimum atomic E-state index is -0.422. The number of rotatable bonds is 1. The highest BCUT2D eigenvalue weighted by molar-refractivity contribution is 6.03. The van der Waals surface area contributed by atoms with Crippen molar-refractivity contribution in [2.24, 2.45) is 0 Å². The Morgan fingerprint density at radius 3 is 2.74 bits per heavy atom. The van der Waals surface area contributed by atoms with Gasteiger partial charge < -0.3 is 10.5 Å². The number of fused-ring (bicyclic) bond motifs is 2. The highest BCUT2D eigenvalue weighted by Crippen LogP contribution is 2.21. The van der Waals surface area contributed by atoms with Crippen molar-refractivity contribution in [3.05, 3.63) is 42.0 Å². The molecule has 5 nitrogen and oxygen atoms in total. The molecule has 2 N–H and O–H groups in total. The van der Waals surface area contributed by atoms with E-state index in [9.17, 15) is 4.79 Å². The minimum Gasteiger partial charge on any atom is -0.465 e. The van der Waals surface area contributed by atoms with Crippen molar-refractivity contribution in [2.45, 2.75) is 0 Å². The first-order valence-corrected chi connectivity index (χ1v) is 5.73. The molecule has 3 rings (SSSR count). The lowest BCUT2D eigenvalue weighted by atomic mass is 10.1. The van der Waals surface area contributed by atoms with E-state index in [1.54, 1.807) is 36.4 Å². The summed E-state index contributed by atoms with van der Waals surface area (Å²) in [5.74, 6) is -0.422. The van der Waals surface area contributed by atoms with Crippen LogP contribution in [0, 0.1) is 0 Å². The van der Waals surface area contributed by atoms with Crippen molar-refractivity contribution in [1.29, 1.82) is 0 Å². The second-order valence-corrected chi connectivity index (χ2v) is 4.14. The van der Waals surface area contributed by atoms with Gasteiger partial charge in [-0.1, -0.05) is 6.07 Å². The Bertz CT molecular complexity index is 799. The van der Waals surface area contributed by atoms with Crippen LogP contribution in [0.15, 0.2) is 36.4 Å². The molecule has 0 fully saturated rings. The maximum atomic E-state index is 11.7. The van der Waals surface area contributed by atoms with Gasteiger partial charge in [-0.15, -0.1) is 0 Å². The molecule has 0 aliphatic heterocycles. The molecule has 0 unspecified atom stereocenters. The minimum absolute atomic E-state index is 0.409. The van der Waals surface area contributed by atoms with Crippen molar-refractivity contribution in [1.82, 2.24) is 9.97 Å². The SMILES string of the molecule is COC(=O)c1cccc2nc3cc(N)ccc3nc12. The molecule has 0 bridgehead atoms. The molecule has 0 atom stereocenters. The van der Waals surface area contributed by atoms with Gasteiger partial charge in [0.15, 0.2) is 0 Å². The number of carbonyl (C=O) groups excluding carboxylic acids is 1. The zero-order chi connectivity index (χ0) is 13.4. The summed E-state index contributed by atoms with van der Waals surface area (Å²) < 4.78 is 4.75. The zero-order valence-electron chi connectivity index (χ0n) is 10.3. The molecule has 94 valence electrons. The molecule has 0 aliphatic rings. The average Bonchev–Trinajstić information content (AvgIpc) is 2.43. The third kappa shape index (κ3) is 1.85. The largest absolute Gasteiger partial charge is 0.465 e. The quantitative estimate of drug-likeness (QED) is 0.408. The van der Waals surface area contributed by atoms with Gasteiger partial charge in [-0.05, 0) is 30.3 Å². The van der Waals surface area contributed by atoms with Gasteiger partial charge in [0.05, 0.1) is 29.2 Å². The summed E-state index contributed by atoms with van der Waals surface area (Å²) in [7, 11) is 1.34. The average molecular weight is 253 g/mol. The number of aromatic nitrogens is 2. The van der Waals surface area contributed by atoms with Crippen molar-refractivity contribution >= 4 is 33.7 Å². The topological polar surface area (TPSA) is 78.1 Å². The van der Waals surface area contributed by atoms with Crippen LogP contribution in [0.2, 0.25) is 0 Å².